The summed E-state index contributed by atoms with van der Waals surface area (Å²) in [6, 6.07) is 6.35. The maximum Gasteiger partial charge on any atom is 0.140 e. The van der Waals surface area contributed by atoms with Crippen LogP contribution in [0.2, 0.25) is 0 Å². The molecule has 0 radical (unpaired) electrons. The van der Waals surface area contributed by atoms with Crippen LogP contribution in [0.15, 0.2) is 23.6 Å². The number of hydrogen-bond acceptors (Lipinski definition) is 3. The topological polar surface area (TPSA) is 22.1 Å². The fourth-order valence-corrected chi connectivity index (χ4v) is 2.79. The number of ether oxygens (including phenoxy) is 1. The first kappa shape index (κ1) is 14.4. The molecule has 0 aliphatic heterocycles. The summed E-state index contributed by atoms with van der Waals surface area (Å²) in [4.78, 5) is 4.40. The third-order valence-electron chi connectivity index (χ3n) is 2.88. The highest BCUT2D eigenvalue weighted by Gasteiger charge is 2.09. The predicted molar refractivity (Wildman–Crippen MR) is 81.3 cm³/mol. The molecule has 0 N–H and O–H groups in total. The number of thiazole rings is 1. The number of aryl methyl sites for hydroxylation is 1. The standard InChI is InChI=1S/C15H18ClNOS/c1-10(2)13-5-4-11(3)6-14(13)18-8-15-17-12(7-16)9-19-15/h4-6,9-10H,7-8H2,1-3H3. The molecule has 4 heteroatoms. The van der Waals surface area contributed by atoms with Gasteiger partial charge in [-0.1, -0.05) is 26.0 Å². The summed E-state index contributed by atoms with van der Waals surface area (Å²) < 4.78 is 5.93. The molecule has 0 saturated heterocycles. The zero-order chi connectivity index (χ0) is 13.8. The van der Waals surface area contributed by atoms with E-state index in [-0.39, 0.29) is 0 Å². The molecule has 0 unspecified atom stereocenters. The van der Waals surface area contributed by atoms with Crippen molar-refractivity contribution in [2.45, 2.75) is 39.2 Å². The summed E-state index contributed by atoms with van der Waals surface area (Å²) in [6.07, 6.45) is 0. The minimum Gasteiger partial charge on any atom is -0.486 e. The summed E-state index contributed by atoms with van der Waals surface area (Å²) in [6.45, 7) is 6.93. The maximum absolute atomic E-state index is 5.93. The fourth-order valence-electron chi connectivity index (χ4n) is 1.86. The molecule has 19 heavy (non-hydrogen) atoms. The second kappa shape index (κ2) is 6.40. The van der Waals surface area contributed by atoms with Crippen molar-refractivity contribution in [3.63, 3.8) is 0 Å². The van der Waals surface area contributed by atoms with E-state index in [1.807, 2.05) is 5.38 Å². The van der Waals surface area contributed by atoms with Crippen LogP contribution >= 0.6 is 22.9 Å². The van der Waals surface area contributed by atoms with Crippen LogP contribution in [-0.4, -0.2) is 4.98 Å². The molecule has 2 nitrogen and oxygen atoms in total. The highest BCUT2D eigenvalue weighted by Crippen LogP contribution is 2.28. The van der Waals surface area contributed by atoms with Crippen molar-refractivity contribution in [2.24, 2.45) is 0 Å². The smallest absolute Gasteiger partial charge is 0.140 e. The molecular weight excluding hydrogens is 278 g/mol. The van der Waals surface area contributed by atoms with Gasteiger partial charge in [0.2, 0.25) is 0 Å². The lowest BCUT2D eigenvalue weighted by Crippen LogP contribution is -2.00. The van der Waals surface area contributed by atoms with Gasteiger partial charge in [0.15, 0.2) is 0 Å². The first-order chi connectivity index (χ1) is 9.10. The molecule has 2 aromatic rings. The molecule has 0 bridgehead atoms. The van der Waals surface area contributed by atoms with Crippen molar-refractivity contribution < 1.29 is 4.74 Å². The highest BCUT2D eigenvalue weighted by atomic mass is 35.5. The van der Waals surface area contributed by atoms with Crippen molar-refractivity contribution in [3.8, 4) is 5.75 Å². The average molecular weight is 296 g/mol. The van der Waals surface area contributed by atoms with E-state index >= 15 is 0 Å². The molecule has 0 fully saturated rings. The van der Waals surface area contributed by atoms with Crippen molar-refractivity contribution >= 4 is 22.9 Å². The number of alkyl halides is 1. The van der Waals surface area contributed by atoms with Crippen LogP contribution in [-0.2, 0) is 12.5 Å². The van der Waals surface area contributed by atoms with Crippen molar-refractivity contribution in [2.75, 3.05) is 0 Å². The van der Waals surface area contributed by atoms with E-state index in [9.17, 15) is 0 Å². The minimum absolute atomic E-state index is 0.449. The van der Waals surface area contributed by atoms with Crippen molar-refractivity contribution in [1.82, 2.24) is 4.98 Å². The van der Waals surface area contributed by atoms with Crippen LogP contribution in [0.5, 0.6) is 5.75 Å². The predicted octanol–water partition coefficient (Wildman–Crippen LogP) is 4.89. The number of halogens is 1. The summed E-state index contributed by atoms with van der Waals surface area (Å²) in [5, 5.41) is 2.94. The molecule has 0 aliphatic rings. The Morgan fingerprint density at radius 3 is 2.79 bits per heavy atom. The summed E-state index contributed by atoms with van der Waals surface area (Å²) in [7, 11) is 0. The quantitative estimate of drug-likeness (QED) is 0.733. The highest BCUT2D eigenvalue weighted by molar-refractivity contribution is 7.09. The average Bonchev–Trinajstić information content (AvgIpc) is 2.84. The number of hydrogen-bond donors (Lipinski definition) is 0. The molecule has 0 saturated carbocycles. The van der Waals surface area contributed by atoms with Gasteiger partial charge in [-0.25, -0.2) is 4.98 Å². The van der Waals surface area contributed by atoms with Crippen molar-refractivity contribution in [3.05, 3.63) is 45.4 Å². The van der Waals surface area contributed by atoms with E-state index in [0.29, 0.717) is 18.4 Å². The van der Waals surface area contributed by atoms with Gasteiger partial charge in [-0.05, 0) is 30.0 Å². The normalized spacial score (nSPS) is 11.0. The van der Waals surface area contributed by atoms with Crippen LogP contribution in [0.3, 0.4) is 0 Å². The SMILES string of the molecule is Cc1ccc(C(C)C)c(OCc2nc(CCl)cs2)c1. The summed E-state index contributed by atoms with van der Waals surface area (Å²) >= 11 is 7.34. The van der Waals surface area contributed by atoms with E-state index in [0.717, 1.165) is 16.5 Å². The Kier molecular flexibility index (Phi) is 4.83. The number of aromatic nitrogens is 1. The monoisotopic (exact) mass is 295 g/mol. The lowest BCUT2D eigenvalue weighted by Gasteiger charge is -2.14. The molecule has 0 amide bonds. The van der Waals surface area contributed by atoms with Gasteiger partial charge in [-0.15, -0.1) is 22.9 Å². The van der Waals surface area contributed by atoms with Gasteiger partial charge in [0.25, 0.3) is 0 Å². The van der Waals surface area contributed by atoms with Gasteiger partial charge in [0.05, 0.1) is 11.6 Å². The van der Waals surface area contributed by atoms with E-state index in [1.165, 1.54) is 11.1 Å². The van der Waals surface area contributed by atoms with E-state index in [4.69, 9.17) is 16.3 Å². The van der Waals surface area contributed by atoms with Gasteiger partial charge in [0.1, 0.15) is 17.4 Å². The Balaban J connectivity index is 2.12. The number of benzene rings is 1. The van der Waals surface area contributed by atoms with Crippen LogP contribution in [0, 0.1) is 6.92 Å². The molecule has 1 heterocycles. The van der Waals surface area contributed by atoms with Gasteiger partial charge in [-0.3, -0.25) is 0 Å². The summed E-state index contributed by atoms with van der Waals surface area (Å²) in [5.74, 6) is 1.86. The summed E-state index contributed by atoms with van der Waals surface area (Å²) in [5.41, 5.74) is 3.36. The largest absolute Gasteiger partial charge is 0.486 e. The van der Waals surface area contributed by atoms with Crippen molar-refractivity contribution in [1.29, 1.82) is 0 Å². The minimum atomic E-state index is 0.449. The maximum atomic E-state index is 5.93. The fraction of sp³-hybridized carbons (Fsp3) is 0.400. The number of rotatable bonds is 5. The third-order valence-corrected chi connectivity index (χ3v) is 4.02. The van der Waals surface area contributed by atoms with Crippen LogP contribution in [0.1, 0.15) is 41.6 Å². The first-order valence-electron chi connectivity index (χ1n) is 6.32. The molecule has 0 atom stereocenters. The van der Waals surface area contributed by atoms with E-state index in [2.05, 4.69) is 44.0 Å². The van der Waals surface area contributed by atoms with Gasteiger partial charge >= 0.3 is 0 Å². The zero-order valence-corrected chi connectivity index (χ0v) is 13.0. The molecule has 0 aliphatic carbocycles. The van der Waals surface area contributed by atoms with Crippen LogP contribution in [0.4, 0.5) is 0 Å². The molecule has 1 aromatic carbocycles. The van der Waals surface area contributed by atoms with E-state index < -0.39 is 0 Å². The molecule has 2 rings (SSSR count). The Morgan fingerprint density at radius 1 is 1.37 bits per heavy atom. The van der Waals surface area contributed by atoms with E-state index in [1.54, 1.807) is 11.3 Å². The lowest BCUT2D eigenvalue weighted by molar-refractivity contribution is 0.301. The Labute approximate surface area is 123 Å². The van der Waals surface area contributed by atoms with Crippen LogP contribution in [0.25, 0.3) is 0 Å². The third kappa shape index (κ3) is 3.71. The van der Waals surface area contributed by atoms with Crippen LogP contribution < -0.4 is 4.74 Å². The molecule has 1 aromatic heterocycles. The van der Waals surface area contributed by atoms with Gasteiger partial charge in [-0.2, -0.15) is 0 Å². The lowest BCUT2D eigenvalue weighted by atomic mass is 10.0. The Hall–Kier alpha value is -1.06. The Morgan fingerprint density at radius 2 is 2.16 bits per heavy atom. The second-order valence-electron chi connectivity index (χ2n) is 4.85. The van der Waals surface area contributed by atoms with Gasteiger partial charge < -0.3 is 4.74 Å². The molecule has 102 valence electrons. The van der Waals surface area contributed by atoms with Gasteiger partial charge in [0, 0.05) is 5.38 Å². The zero-order valence-electron chi connectivity index (χ0n) is 11.4. The molecule has 0 spiro atoms. The first-order valence-corrected chi connectivity index (χ1v) is 7.74. The molecular formula is C15H18ClNOS. The Bertz CT molecular complexity index is 551. The number of nitrogens with zero attached hydrogens (tertiary/aromatic N) is 1. The second-order valence-corrected chi connectivity index (χ2v) is 6.06.